The molecule has 2 aliphatic rings. The third-order valence-corrected chi connectivity index (χ3v) is 7.23. The van der Waals surface area contributed by atoms with Crippen molar-refractivity contribution < 1.29 is 14.3 Å². The molecule has 2 heterocycles. The van der Waals surface area contributed by atoms with Crippen LogP contribution in [-0.2, 0) is 17.9 Å². The second-order valence-electron chi connectivity index (χ2n) is 9.24. The number of fused-ring (bicyclic) bond motifs is 1. The Balaban J connectivity index is 1.28. The SMILES string of the molecule is COc1ccccc1N1Cc2ccccc2N=C1C(C)N1CCN(C(=O)OCc2ccc(Cl)cc2)CC1. The van der Waals surface area contributed by atoms with Gasteiger partial charge in [0.1, 0.15) is 18.2 Å². The molecule has 0 bridgehead atoms. The number of amides is 1. The first-order valence-corrected chi connectivity index (χ1v) is 12.9. The van der Waals surface area contributed by atoms with Crippen LogP contribution in [0.25, 0.3) is 0 Å². The molecular weight excluding hydrogens is 488 g/mol. The average molecular weight is 519 g/mol. The van der Waals surface area contributed by atoms with Crippen molar-refractivity contribution >= 4 is 34.9 Å². The summed E-state index contributed by atoms with van der Waals surface area (Å²) in [6.45, 7) is 5.80. The van der Waals surface area contributed by atoms with Crippen LogP contribution in [0.2, 0.25) is 5.02 Å². The number of benzene rings is 3. The number of carbonyl (C=O) groups excluding carboxylic acids is 1. The standard InChI is InChI=1S/C29H31ClN4O3/c1-21(32-15-17-33(18-16-32)29(35)37-20-22-11-13-24(30)14-12-22)28-31-25-8-4-3-7-23(25)19-34(28)26-9-5-6-10-27(26)36-2/h3-14,21H,15-20H2,1-2H3. The van der Waals surface area contributed by atoms with Crippen molar-refractivity contribution in [2.75, 3.05) is 38.2 Å². The molecule has 0 spiro atoms. The van der Waals surface area contributed by atoms with E-state index in [4.69, 9.17) is 26.1 Å². The number of piperazine rings is 1. The second kappa shape index (κ2) is 11.2. The number of aliphatic imine (C=N–C) groups is 1. The van der Waals surface area contributed by atoms with Crippen molar-refractivity contribution in [1.29, 1.82) is 0 Å². The zero-order valence-corrected chi connectivity index (χ0v) is 21.9. The zero-order valence-electron chi connectivity index (χ0n) is 21.1. The van der Waals surface area contributed by atoms with Crippen molar-refractivity contribution in [2.45, 2.75) is 26.1 Å². The van der Waals surface area contributed by atoms with Gasteiger partial charge in [0.2, 0.25) is 0 Å². The molecule has 0 aliphatic carbocycles. The summed E-state index contributed by atoms with van der Waals surface area (Å²) in [5, 5.41) is 0.663. The van der Waals surface area contributed by atoms with Crippen molar-refractivity contribution in [3.63, 3.8) is 0 Å². The summed E-state index contributed by atoms with van der Waals surface area (Å²) in [5.74, 6) is 1.79. The van der Waals surface area contributed by atoms with Crippen LogP contribution in [0.5, 0.6) is 5.75 Å². The Morgan fingerprint density at radius 1 is 0.973 bits per heavy atom. The molecule has 1 amide bonds. The van der Waals surface area contributed by atoms with Crippen molar-refractivity contribution in [3.8, 4) is 5.75 Å². The predicted octanol–water partition coefficient (Wildman–Crippen LogP) is 5.74. The van der Waals surface area contributed by atoms with Crippen LogP contribution in [-0.4, -0.2) is 61.1 Å². The number of halogens is 1. The second-order valence-corrected chi connectivity index (χ2v) is 9.67. The summed E-state index contributed by atoms with van der Waals surface area (Å²) in [4.78, 5) is 24.2. The first-order chi connectivity index (χ1) is 18.0. The van der Waals surface area contributed by atoms with Crippen LogP contribution >= 0.6 is 11.6 Å². The Bertz CT molecular complexity index is 1270. The normalized spacial score (nSPS) is 16.6. The highest BCUT2D eigenvalue weighted by Crippen LogP contribution is 2.35. The molecule has 0 N–H and O–H groups in total. The number of para-hydroxylation sites is 3. The number of methoxy groups -OCH3 is 1. The molecule has 0 saturated carbocycles. The molecule has 0 aromatic heterocycles. The van der Waals surface area contributed by atoms with Gasteiger partial charge >= 0.3 is 6.09 Å². The van der Waals surface area contributed by atoms with Crippen LogP contribution in [0.3, 0.4) is 0 Å². The predicted molar refractivity (Wildman–Crippen MR) is 147 cm³/mol. The highest BCUT2D eigenvalue weighted by molar-refractivity contribution is 6.30. The van der Waals surface area contributed by atoms with Crippen LogP contribution in [0.4, 0.5) is 16.2 Å². The number of hydrogen-bond donors (Lipinski definition) is 0. The van der Waals surface area contributed by atoms with Crippen LogP contribution in [0, 0.1) is 0 Å². The van der Waals surface area contributed by atoms with Gasteiger partial charge in [0.25, 0.3) is 0 Å². The van der Waals surface area contributed by atoms with Gasteiger partial charge in [0, 0.05) is 31.2 Å². The van der Waals surface area contributed by atoms with E-state index in [1.54, 1.807) is 24.1 Å². The number of hydrogen-bond acceptors (Lipinski definition) is 6. The molecule has 1 atom stereocenters. The fourth-order valence-electron chi connectivity index (χ4n) is 4.84. The van der Waals surface area contributed by atoms with Crippen LogP contribution in [0.1, 0.15) is 18.1 Å². The molecule has 5 rings (SSSR count). The third kappa shape index (κ3) is 5.58. The molecule has 1 fully saturated rings. The van der Waals surface area contributed by atoms with Crippen molar-refractivity contribution in [1.82, 2.24) is 9.80 Å². The van der Waals surface area contributed by atoms with Gasteiger partial charge in [-0.15, -0.1) is 0 Å². The van der Waals surface area contributed by atoms with E-state index < -0.39 is 0 Å². The van der Waals surface area contributed by atoms with Gasteiger partial charge in [-0.25, -0.2) is 9.79 Å². The van der Waals surface area contributed by atoms with E-state index in [1.165, 1.54) is 5.56 Å². The van der Waals surface area contributed by atoms with Crippen LogP contribution in [0.15, 0.2) is 77.8 Å². The summed E-state index contributed by atoms with van der Waals surface area (Å²) >= 11 is 5.94. The van der Waals surface area contributed by atoms with Gasteiger partial charge in [-0.2, -0.15) is 0 Å². The molecule has 1 unspecified atom stereocenters. The highest BCUT2D eigenvalue weighted by atomic mass is 35.5. The van der Waals surface area contributed by atoms with Gasteiger partial charge in [0.05, 0.1) is 31.1 Å². The molecule has 192 valence electrons. The molecule has 0 radical (unpaired) electrons. The first-order valence-electron chi connectivity index (χ1n) is 12.5. The summed E-state index contributed by atoms with van der Waals surface area (Å²) in [7, 11) is 1.70. The molecule has 3 aromatic carbocycles. The molecule has 2 aliphatic heterocycles. The Morgan fingerprint density at radius 2 is 1.68 bits per heavy atom. The molecule has 3 aromatic rings. The van der Waals surface area contributed by atoms with Gasteiger partial charge in [-0.3, -0.25) is 4.90 Å². The fraction of sp³-hybridized carbons (Fsp3) is 0.310. The number of carbonyl (C=O) groups is 1. The van der Waals surface area contributed by atoms with Gasteiger partial charge in [-0.1, -0.05) is 54.1 Å². The quantitative estimate of drug-likeness (QED) is 0.416. The number of rotatable bonds is 6. The topological polar surface area (TPSA) is 57.6 Å². The average Bonchev–Trinajstić information content (AvgIpc) is 2.95. The summed E-state index contributed by atoms with van der Waals surface area (Å²) in [6, 6.07) is 23.7. The van der Waals surface area contributed by atoms with E-state index in [0.717, 1.165) is 48.2 Å². The number of anilines is 1. The van der Waals surface area contributed by atoms with E-state index in [-0.39, 0.29) is 18.7 Å². The van der Waals surface area contributed by atoms with Crippen molar-refractivity contribution in [2.24, 2.45) is 4.99 Å². The molecular formula is C29H31ClN4O3. The Hall–Kier alpha value is -3.55. The maximum absolute atomic E-state index is 12.7. The maximum atomic E-state index is 12.7. The summed E-state index contributed by atoms with van der Waals surface area (Å²) in [6.07, 6.45) is -0.290. The van der Waals surface area contributed by atoms with E-state index in [0.29, 0.717) is 18.1 Å². The smallest absolute Gasteiger partial charge is 0.410 e. The minimum absolute atomic E-state index is 0.0468. The van der Waals surface area contributed by atoms with E-state index in [1.807, 2.05) is 36.4 Å². The van der Waals surface area contributed by atoms with Crippen LogP contribution < -0.4 is 9.64 Å². The number of ether oxygens (including phenoxy) is 2. The lowest BCUT2D eigenvalue weighted by Gasteiger charge is -2.41. The first kappa shape index (κ1) is 25.1. The van der Waals surface area contributed by atoms with Gasteiger partial charge in [0.15, 0.2) is 0 Å². The Kier molecular flexibility index (Phi) is 7.63. The third-order valence-electron chi connectivity index (χ3n) is 6.98. The summed E-state index contributed by atoms with van der Waals surface area (Å²) < 4.78 is 11.2. The molecule has 7 nitrogen and oxygen atoms in total. The zero-order chi connectivity index (χ0) is 25.8. The largest absolute Gasteiger partial charge is 0.495 e. The van der Waals surface area contributed by atoms with E-state index >= 15 is 0 Å². The number of amidine groups is 1. The molecule has 37 heavy (non-hydrogen) atoms. The lowest BCUT2D eigenvalue weighted by molar-refractivity contribution is 0.0686. The fourth-order valence-corrected chi connectivity index (χ4v) is 4.97. The number of nitrogens with zero attached hydrogens (tertiary/aromatic N) is 4. The summed E-state index contributed by atoms with van der Waals surface area (Å²) in [5.41, 5.74) is 4.09. The molecule has 8 heteroatoms. The lowest BCUT2D eigenvalue weighted by atomic mass is 10.1. The highest BCUT2D eigenvalue weighted by Gasteiger charge is 2.32. The lowest BCUT2D eigenvalue weighted by Crippen LogP contribution is -2.56. The molecule has 1 saturated heterocycles. The van der Waals surface area contributed by atoms with E-state index in [2.05, 4.69) is 41.0 Å². The minimum atomic E-state index is -0.290. The maximum Gasteiger partial charge on any atom is 0.410 e. The van der Waals surface area contributed by atoms with Crippen molar-refractivity contribution in [3.05, 3.63) is 88.9 Å². The Morgan fingerprint density at radius 3 is 2.43 bits per heavy atom. The Labute approximate surface area is 222 Å². The monoisotopic (exact) mass is 518 g/mol. The minimum Gasteiger partial charge on any atom is -0.495 e. The van der Waals surface area contributed by atoms with Gasteiger partial charge in [-0.05, 0) is 48.4 Å². The van der Waals surface area contributed by atoms with Gasteiger partial charge < -0.3 is 19.3 Å². The van der Waals surface area contributed by atoms with E-state index in [9.17, 15) is 4.79 Å².